The molecule has 0 radical (unpaired) electrons. The van der Waals surface area contributed by atoms with Gasteiger partial charge in [-0.1, -0.05) is 27.5 Å². The van der Waals surface area contributed by atoms with Crippen molar-refractivity contribution in [3.63, 3.8) is 0 Å². The molecule has 0 heterocycles. The molecule has 0 unspecified atom stereocenters. The number of amides is 1. The van der Waals surface area contributed by atoms with Gasteiger partial charge in [-0.05, 0) is 38.0 Å². The molecule has 0 bridgehead atoms. The third-order valence-electron chi connectivity index (χ3n) is 2.73. The fourth-order valence-electron chi connectivity index (χ4n) is 1.48. The Morgan fingerprint density at radius 2 is 2.16 bits per heavy atom. The smallest absolute Gasteiger partial charge is 0.340 e. The maximum atomic E-state index is 11.9. The van der Waals surface area contributed by atoms with Gasteiger partial charge in [0.2, 0.25) is 0 Å². The lowest BCUT2D eigenvalue weighted by Gasteiger charge is -2.13. The van der Waals surface area contributed by atoms with Crippen LogP contribution in [0.5, 0.6) is 0 Å². The molecular weight excluding hydrogens is 334 g/mol. The van der Waals surface area contributed by atoms with E-state index in [4.69, 9.17) is 16.3 Å². The first kappa shape index (κ1) is 14.3. The molecule has 0 aliphatic heterocycles. The van der Waals surface area contributed by atoms with E-state index in [2.05, 4.69) is 21.2 Å². The van der Waals surface area contributed by atoms with Gasteiger partial charge in [-0.3, -0.25) is 4.79 Å². The molecule has 1 N–H and O–H groups in total. The number of carbonyl (C=O) groups is 2. The van der Waals surface area contributed by atoms with Crippen LogP contribution in [0.3, 0.4) is 0 Å². The molecule has 2 rings (SSSR count). The van der Waals surface area contributed by atoms with Crippen LogP contribution in [0, 0.1) is 0 Å². The van der Waals surface area contributed by atoms with Crippen LogP contribution in [0.1, 0.15) is 30.1 Å². The lowest BCUT2D eigenvalue weighted by molar-refractivity contribution is -0.129. The van der Waals surface area contributed by atoms with Gasteiger partial charge in [0, 0.05) is 10.5 Å². The Balaban J connectivity index is 1.99. The van der Waals surface area contributed by atoms with Crippen LogP contribution in [0.2, 0.25) is 5.02 Å². The van der Waals surface area contributed by atoms with Crippen molar-refractivity contribution >= 4 is 39.4 Å². The first-order valence-corrected chi connectivity index (χ1v) is 7.11. The summed E-state index contributed by atoms with van der Waals surface area (Å²) in [7, 11) is 0. The largest absolute Gasteiger partial charge is 0.449 e. The van der Waals surface area contributed by atoms with E-state index in [1.165, 1.54) is 0 Å². The van der Waals surface area contributed by atoms with E-state index < -0.39 is 12.1 Å². The summed E-state index contributed by atoms with van der Waals surface area (Å²) in [6, 6.07) is 5.12. The Hall–Kier alpha value is -1.07. The number of benzene rings is 1. The van der Waals surface area contributed by atoms with E-state index in [0.717, 1.165) is 17.3 Å². The van der Waals surface area contributed by atoms with E-state index in [9.17, 15) is 9.59 Å². The Bertz CT molecular complexity index is 517. The van der Waals surface area contributed by atoms with Gasteiger partial charge >= 0.3 is 5.97 Å². The van der Waals surface area contributed by atoms with Crippen LogP contribution in [-0.2, 0) is 9.53 Å². The highest BCUT2D eigenvalue weighted by Gasteiger charge is 2.27. The predicted molar refractivity (Wildman–Crippen MR) is 75.2 cm³/mol. The SMILES string of the molecule is C[C@@H](OC(=O)c1cc(Br)ccc1Cl)C(=O)NC1CC1. The van der Waals surface area contributed by atoms with Gasteiger partial charge in [-0.25, -0.2) is 4.79 Å². The average Bonchev–Trinajstić information content (AvgIpc) is 3.15. The normalized spacial score (nSPS) is 15.7. The molecule has 1 saturated carbocycles. The van der Waals surface area contributed by atoms with E-state index >= 15 is 0 Å². The van der Waals surface area contributed by atoms with Crippen molar-refractivity contribution < 1.29 is 14.3 Å². The van der Waals surface area contributed by atoms with Crippen molar-refractivity contribution in [2.45, 2.75) is 31.9 Å². The maximum Gasteiger partial charge on any atom is 0.340 e. The summed E-state index contributed by atoms with van der Waals surface area (Å²) < 4.78 is 5.83. The van der Waals surface area contributed by atoms with Gasteiger partial charge in [-0.15, -0.1) is 0 Å². The third kappa shape index (κ3) is 3.94. The zero-order valence-corrected chi connectivity index (χ0v) is 12.6. The lowest BCUT2D eigenvalue weighted by atomic mass is 10.2. The van der Waals surface area contributed by atoms with Gasteiger partial charge in [-0.2, -0.15) is 0 Å². The van der Waals surface area contributed by atoms with Crippen LogP contribution in [0.15, 0.2) is 22.7 Å². The number of carbonyl (C=O) groups excluding carboxylic acids is 2. The van der Waals surface area contributed by atoms with Gasteiger partial charge in [0.05, 0.1) is 10.6 Å². The zero-order valence-electron chi connectivity index (χ0n) is 10.3. The average molecular weight is 347 g/mol. The first-order chi connectivity index (χ1) is 8.97. The van der Waals surface area contributed by atoms with Crippen molar-refractivity contribution in [2.75, 3.05) is 0 Å². The molecule has 1 aliphatic rings. The summed E-state index contributed by atoms with van der Waals surface area (Å²) in [6.07, 6.45) is 1.15. The van der Waals surface area contributed by atoms with Gasteiger partial charge in [0.25, 0.3) is 5.91 Å². The summed E-state index contributed by atoms with van der Waals surface area (Å²) in [4.78, 5) is 23.6. The summed E-state index contributed by atoms with van der Waals surface area (Å²) in [5, 5.41) is 3.07. The predicted octanol–water partition coefficient (Wildman–Crippen LogP) is 2.93. The second-order valence-corrected chi connectivity index (χ2v) is 5.78. The van der Waals surface area contributed by atoms with Crippen LogP contribution in [0.4, 0.5) is 0 Å². The molecule has 1 atom stereocenters. The molecule has 1 amide bonds. The Morgan fingerprint density at radius 3 is 2.79 bits per heavy atom. The summed E-state index contributed by atoms with van der Waals surface area (Å²) in [5.41, 5.74) is 0.238. The summed E-state index contributed by atoms with van der Waals surface area (Å²) in [6.45, 7) is 1.54. The highest BCUT2D eigenvalue weighted by atomic mass is 79.9. The van der Waals surface area contributed by atoms with Crippen LogP contribution in [-0.4, -0.2) is 24.0 Å². The first-order valence-electron chi connectivity index (χ1n) is 5.94. The fourth-order valence-corrected chi connectivity index (χ4v) is 2.03. The van der Waals surface area contributed by atoms with Gasteiger partial charge in [0.15, 0.2) is 6.10 Å². The number of nitrogens with one attached hydrogen (secondary N) is 1. The zero-order chi connectivity index (χ0) is 14.0. The van der Waals surface area contributed by atoms with Crippen molar-refractivity contribution in [1.82, 2.24) is 5.32 Å². The molecule has 1 fully saturated rings. The molecule has 1 aliphatic carbocycles. The highest BCUT2D eigenvalue weighted by molar-refractivity contribution is 9.10. The molecule has 0 aromatic heterocycles. The van der Waals surface area contributed by atoms with Gasteiger partial charge < -0.3 is 10.1 Å². The number of rotatable bonds is 4. The second-order valence-electron chi connectivity index (χ2n) is 4.45. The molecule has 1 aromatic carbocycles. The molecule has 4 nitrogen and oxygen atoms in total. The lowest BCUT2D eigenvalue weighted by Crippen LogP contribution is -2.37. The number of hydrogen-bond donors (Lipinski definition) is 1. The molecule has 0 spiro atoms. The van der Waals surface area contributed by atoms with E-state index in [1.807, 2.05) is 0 Å². The number of hydrogen-bond acceptors (Lipinski definition) is 3. The van der Waals surface area contributed by atoms with Crippen molar-refractivity contribution in [2.24, 2.45) is 0 Å². The highest BCUT2D eigenvalue weighted by Crippen LogP contribution is 2.22. The Labute approximate surface area is 124 Å². The number of ether oxygens (including phenoxy) is 1. The van der Waals surface area contributed by atoms with Crippen LogP contribution in [0.25, 0.3) is 0 Å². The minimum Gasteiger partial charge on any atom is -0.449 e. The monoisotopic (exact) mass is 345 g/mol. The second kappa shape index (κ2) is 5.92. The van der Waals surface area contributed by atoms with Crippen LogP contribution < -0.4 is 5.32 Å². The molecule has 1 aromatic rings. The minimum absolute atomic E-state index is 0.238. The van der Waals surface area contributed by atoms with Crippen molar-refractivity contribution in [3.05, 3.63) is 33.3 Å². The van der Waals surface area contributed by atoms with Crippen molar-refractivity contribution in [1.29, 1.82) is 0 Å². The van der Waals surface area contributed by atoms with E-state index in [1.54, 1.807) is 25.1 Å². The quantitative estimate of drug-likeness (QED) is 0.853. The topological polar surface area (TPSA) is 55.4 Å². The summed E-state index contributed by atoms with van der Waals surface area (Å²) >= 11 is 9.18. The minimum atomic E-state index is -0.830. The molecular formula is C13H13BrClNO3. The van der Waals surface area contributed by atoms with E-state index in [-0.39, 0.29) is 17.5 Å². The molecule has 19 heavy (non-hydrogen) atoms. The van der Waals surface area contributed by atoms with E-state index in [0.29, 0.717) is 5.02 Å². The third-order valence-corrected chi connectivity index (χ3v) is 3.55. The van der Waals surface area contributed by atoms with Crippen LogP contribution >= 0.6 is 27.5 Å². The Kier molecular flexibility index (Phi) is 4.47. The maximum absolute atomic E-state index is 11.9. The molecule has 6 heteroatoms. The van der Waals surface area contributed by atoms with Crippen molar-refractivity contribution in [3.8, 4) is 0 Å². The fraction of sp³-hybridized carbons (Fsp3) is 0.385. The number of halogens is 2. The Morgan fingerprint density at radius 1 is 1.47 bits per heavy atom. The summed E-state index contributed by atoms with van der Waals surface area (Å²) in [5.74, 6) is -0.883. The molecule has 0 saturated heterocycles. The van der Waals surface area contributed by atoms with Gasteiger partial charge in [0.1, 0.15) is 0 Å². The molecule has 102 valence electrons. The number of esters is 1. The standard InChI is InChI=1S/C13H13BrClNO3/c1-7(12(17)16-9-3-4-9)19-13(18)10-6-8(14)2-5-11(10)15/h2,5-7,9H,3-4H2,1H3,(H,16,17)/t7-/m1/s1.